The lowest BCUT2D eigenvalue weighted by molar-refractivity contribution is -0.384. The van der Waals surface area contributed by atoms with Gasteiger partial charge in [0.1, 0.15) is 23.1 Å². The van der Waals surface area contributed by atoms with Gasteiger partial charge in [-0.25, -0.2) is 4.90 Å². The molecule has 0 unspecified atom stereocenters. The molecular formula is C19H15N3O7. The van der Waals surface area contributed by atoms with Gasteiger partial charge in [-0.3, -0.25) is 19.7 Å². The summed E-state index contributed by atoms with van der Waals surface area (Å²) in [5.74, 6) is -1.24. The van der Waals surface area contributed by atoms with Gasteiger partial charge in [0.25, 0.3) is 11.6 Å². The van der Waals surface area contributed by atoms with Crippen molar-refractivity contribution in [2.45, 2.75) is 6.10 Å². The molecule has 1 saturated heterocycles. The summed E-state index contributed by atoms with van der Waals surface area (Å²) in [4.78, 5) is 42.5. The molecule has 10 nitrogen and oxygen atoms in total. The summed E-state index contributed by atoms with van der Waals surface area (Å²) in [5, 5.41) is 15.0. The predicted octanol–water partition coefficient (Wildman–Crippen LogP) is 1.90. The van der Waals surface area contributed by atoms with E-state index in [2.05, 4.69) is 5.16 Å². The highest BCUT2D eigenvalue weighted by atomic mass is 16.7. The first kappa shape index (κ1) is 18.4. The Morgan fingerprint density at radius 2 is 1.90 bits per heavy atom. The lowest BCUT2D eigenvalue weighted by Crippen LogP contribution is -2.33. The maximum atomic E-state index is 13.1. The first-order chi connectivity index (χ1) is 14.0. The number of imide groups is 1. The SMILES string of the molecule is COc1ccc(C2=NO[C@H]3C(=O)N(c4cccc([N+](=O)[O-])c4)C(=O)[C@@H]23)c(OC)c1. The molecule has 148 valence electrons. The van der Waals surface area contributed by atoms with Crippen LogP contribution in [0.1, 0.15) is 5.56 Å². The van der Waals surface area contributed by atoms with Crippen molar-refractivity contribution in [3.05, 3.63) is 58.1 Å². The molecule has 4 rings (SSSR count). The minimum Gasteiger partial charge on any atom is -0.497 e. The van der Waals surface area contributed by atoms with Crippen molar-refractivity contribution in [2.24, 2.45) is 11.1 Å². The second kappa shape index (κ2) is 6.89. The number of nitro groups is 1. The van der Waals surface area contributed by atoms with Crippen molar-refractivity contribution in [3.63, 3.8) is 0 Å². The number of non-ortho nitro benzene ring substituents is 1. The Kier molecular flexibility index (Phi) is 4.38. The van der Waals surface area contributed by atoms with E-state index < -0.39 is 28.8 Å². The molecule has 10 heteroatoms. The average molecular weight is 397 g/mol. The van der Waals surface area contributed by atoms with Gasteiger partial charge in [-0.2, -0.15) is 0 Å². The van der Waals surface area contributed by atoms with Gasteiger partial charge in [0.05, 0.1) is 24.8 Å². The van der Waals surface area contributed by atoms with E-state index in [1.807, 2.05) is 0 Å². The Balaban J connectivity index is 1.71. The van der Waals surface area contributed by atoms with Crippen LogP contribution in [0.4, 0.5) is 11.4 Å². The molecule has 2 aliphatic heterocycles. The fourth-order valence-electron chi connectivity index (χ4n) is 3.41. The molecule has 2 amide bonds. The van der Waals surface area contributed by atoms with Crippen LogP contribution in [0.15, 0.2) is 47.6 Å². The highest BCUT2D eigenvalue weighted by molar-refractivity contribution is 6.32. The topological polar surface area (TPSA) is 121 Å². The minimum atomic E-state index is -1.14. The van der Waals surface area contributed by atoms with Crippen LogP contribution in [0.2, 0.25) is 0 Å². The van der Waals surface area contributed by atoms with Crippen LogP contribution in [0.5, 0.6) is 11.5 Å². The number of oxime groups is 1. The average Bonchev–Trinajstić information content (AvgIpc) is 3.27. The van der Waals surface area contributed by atoms with Gasteiger partial charge in [0.2, 0.25) is 12.0 Å². The summed E-state index contributed by atoms with van der Waals surface area (Å²) < 4.78 is 10.5. The molecule has 1 fully saturated rings. The molecule has 2 aromatic carbocycles. The van der Waals surface area contributed by atoms with Crippen LogP contribution in [0.25, 0.3) is 0 Å². The number of amides is 2. The number of nitro benzene ring substituents is 1. The Morgan fingerprint density at radius 3 is 2.59 bits per heavy atom. The first-order valence-corrected chi connectivity index (χ1v) is 8.54. The molecule has 2 atom stereocenters. The maximum Gasteiger partial charge on any atom is 0.278 e. The summed E-state index contributed by atoms with van der Waals surface area (Å²) in [6, 6.07) is 10.3. The Morgan fingerprint density at radius 1 is 1.10 bits per heavy atom. The largest absolute Gasteiger partial charge is 0.497 e. The highest BCUT2D eigenvalue weighted by Crippen LogP contribution is 2.38. The standard InChI is InChI=1S/C19H15N3O7/c1-27-12-6-7-13(14(9-12)28-2)16-15-17(29-20-16)19(24)21(18(15)23)10-4-3-5-11(8-10)22(25)26/h3-9,15,17H,1-2H3/t15-,17+/m0/s1. The zero-order valence-corrected chi connectivity index (χ0v) is 15.4. The molecule has 0 aromatic heterocycles. The predicted molar refractivity (Wildman–Crippen MR) is 100 cm³/mol. The van der Waals surface area contributed by atoms with E-state index in [9.17, 15) is 19.7 Å². The zero-order valence-electron chi connectivity index (χ0n) is 15.4. The maximum absolute atomic E-state index is 13.1. The summed E-state index contributed by atoms with van der Waals surface area (Å²) in [5.41, 5.74) is 0.615. The van der Waals surface area contributed by atoms with E-state index >= 15 is 0 Å². The smallest absolute Gasteiger partial charge is 0.278 e. The number of ether oxygens (including phenoxy) is 2. The number of methoxy groups -OCH3 is 2. The van der Waals surface area contributed by atoms with E-state index in [0.717, 1.165) is 4.90 Å². The van der Waals surface area contributed by atoms with Crippen LogP contribution in [-0.4, -0.2) is 42.8 Å². The molecule has 0 saturated carbocycles. The third-order valence-corrected chi connectivity index (χ3v) is 4.80. The molecule has 0 spiro atoms. The van der Waals surface area contributed by atoms with Crippen molar-refractivity contribution in [3.8, 4) is 11.5 Å². The van der Waals surface area contributed by atoms with Gasteiger partial charge in [-0.1, -0.05) is 11.2 Å². The monoisotopic (exact) mass is 397 g/mol. The number of fused-ring (bicyclic) bond motifs is 1. The molecule has 0 bridgehead atoms. The lowest BCUT2D eigenvalue weighted by atomic mass is 9.93. The highest BCUT2D eigenvalue weighted by Gasteiger charge is 2.56. The fraction of sp³-hybridized carbons (Fsp3) is 0.211. The molecule has 2 aliphatic rings. The van der Waals surface area contributed by atoms with E-state index in [0.29, 0.717) is 17.1 Å². The molecule has 0 N–H and O–H groups in total. The molecular weight excluding hydrogens is 382 g/mol. The van der Waals surface area contributed by atoms with E-state index in [1.54, 1.807) is 18.2 Å². The van der Waals surface area contributed by atoms with Crippen LogP contribution < -0.4 is 14.4 Å². The number of benzene rings is 2. The van der Waals surface area contributed by atoms with E-state index in [1.165, 1.54) is 38.5 Å². The molecule has 0 radical (unpaired) electrons. The Bertz CT molecular complexity index is 1070. The Labute approximate surface area is 164 Å². The van der Waals surface area contributed by atoms with E-state index in [-0.39, 0.29) is 17.1 Å². The lowest BCUT2D eigenvalue weighted by Gasteiger charge is -2.16. The summed E-state index contributed by atoms with van der Waals surface area (Å²) in [6.45, 7) is 0. The van der Waals surface area contributed by atoms with Gasteiger partial charge in [-0.15, -0.1) is 0 Å². The third-order valence-electron chi connectivity index (χ3n) is 4.80. The Hall–Kier alpha value is -3.95. The molecule has 29 heavy (non-hydrogen) atoms. The zero-order chi connectivity index (χ0) is 20.7. The van der Waals surface area contributed by atoms with Crippen molar-refractivity contribution in [2.75, 3.05) is 19.1 Å². The molecule has 0 aliphatic carbocycles. The van der Waals surface area contributed by atoms with Crippen molar-refractivity contribution in [1.82, 2.24) is 0 Å². The van der Waals surface area contributed by atoms with E-state index in [4.69, 9.17) is 14.3 Å². The van der Waals surface area contributed by atoms with Crippen LogP contribution in [-0.2, 0) is 14.4 Å². The molecule has 2 aromatic rings. The van der Waals surface area contributed by atoms with Crippen LogP contribution in [0.3, 0.4) is 0 Å². The summed E-state index contributed by atoms with van der Waals surface area (Å²) in [7, 11) is 2.97. The molecule has 2 heterocycles. The van der Waals surface area contributed by atoms with Crippen molar-refractivity contribution < 1.29 is 28.8 Å². The van der Waals surface area contributed by atoms with Gasteiger partial charge in [-0.05, 0) is 18.2 Å². The second-order valence-electron chi connectivity index (χ2n) is 6.34. The summed E-state index contributed by atoms with van der Waals surface area (Å²) >= 11 is 0. The number of carbonyl (C=O) groups is 2. The number of anilines is 1. The van der Waals surface area contributed by atoms with Crippen LogP contribution >= 0.6 is 0 Å². The quantitative estimate of drug-likeness (QED) is 0.429. The third kappa shape index (κ3) is 2.85. The van der Waals surface area contributed by atoms with Gasteiger partial charge in [0, 0.05) is 23.8 Å². The minimum absolute atomic E-state index is 0.105. The number of hydrogen-bond acceptors (Lipinski definition) is 8. The van der Waals surface area contributed by atoms with Gasteiger partial charge >= 0.3 is 0 Å². The number of hydrogen-bond donors (Lipinski definition) is 0. The number of carbonyl (C=O) groups excluding carboxylic acids is 2. The van der Waals surface area contributed by atoms with Gasteiger partial charge < -0.3 is 14.3 Å². The number of nitrogens with zero attached hydrogens (tertiary/aromatic N) is 3. The number of rotatable bonds is 5. The normalized spacial score (nSPS) is 20.2. The van der Waals surface area contributed by atoms with Gasteiger partial charge in [0.15, 0.2) is 0 Å². The fourth-order valence-corrected chi connectivity index (χ4v) is 3.41. The van der Waals surface area contributed by atoms with Crippen molar-refractivity contribution >= 4 is 28.9 Å². The first-order valence-electron chi connectivity index (χ1n) is 8.54. The van der Waals surface area contributed by atoms with Crippen LogP contribution in [0, 0.1) is 16.0 Å². The van der Waals surface area contributed by atoms with Crippen molar-refractivity contribution in [1.29, 1.82) is 0 Å². The second-order valence-corrected chi connectivity index (χ2v) is 6.34. The summed E-state index contributed by atoms with van der Waals surface area (Å²) in [6.07, 6.45) is -1.14.